The smallest absolute Gasteiger partial charge is 0.211 e. The lowest BCUT2D eigenvalue weighted by molar-refractivity contribution is 0.928. The maximum Gasteiger partial charge on any atom is 0.211 e. The van der Waals surface area contributed by atoms with Crippen LogP contribution in [0.3, 0.4) is 0 Å². The zero-order chi connectivity index (χ0) is 6.12. The van der Waals surface area contributed by atoms with Crippen LogP contribution in [-0.4, -0.2) is 6.54 Å². The van der Waals surface area contributed by atoms with Gasteiger partial charge in [-0.15, -0.1) is 0 Å². The van der Waals surface area contributed by atoms with Crippen LogP contribution >= 0.6 is 0 Å². The zero-order valence-electron chi connectivity index (χ0n) is 4.44. The minimum atomic E-state index is 0.819. The molecule has 42 valence electrons. The molecule has 0 aromatic rings. The largest absolute Gasteiger partial charge is 0.330 e. The summed E-state index contributed by atoms with van der Waals surface area (Å²) in [5, 5.41) is 0. The molecule has 0 spiro atoms. The van der Waals surface area contributed by atoms with Crippen molar-refractivity contribution in [1.29, 1.82) is 11.1 Å². The van der Waals surface area contributed by atoms with Gasteiger partial charge in [0, 0.05) is 0 Å². The van der Waals surface area contributed by atoms with Crippen molar-refractivity contribution >= 4 is 0 Å². The Hall–Kier alpha value is -0.730. The van der Waals surface area contributed by atoms with E-state index in [-0.39, 0.29) is 0 Å². The van der Waals surface area contributed by atoms with E-state index in [1.54, 1.807) is 0 Å². The maximum atomic E-state index is 5.50. The number of rotatable bonds is 1. The third-order valence-electron chi connectivity index (χ3n) is 0.289. The van der Waals surface area contributed by atoms with Crippen LogP contribution in [0.1, 0.15) is 13.3 Å². The summed E-state index contributed by atoms with van der Waals surface area (Å²) in [5.41, 5.74) is 16.0. The molecule has 0 radical (unpaired) electrons. The van der Waals surface area contributed by atoms with Crippen molar-refractivity contribution in [2.45, 2.75) is 13.3 Å². The van der Waals surface area contributed by atoms with Gasteiger partial charge in [-0.05, 0) is 13.0 Å². The number of nitrogens with two attached hydrogens (primary N) is 1. The van der Waals surface area contributed by atoms with Crippen molar-refractivity contribution in [1.82, 2.24) is 4.91 Å². The van der Waals surface area contributed by atoms with Gasteiger partial charge in [0.1, 0.15) is 11.1 Å². The van der Waals surface area contributed by atoms with Crippen molar-refractivity contribution < 1.29 is 0 Å². The molecule has 0 aliphatic carbocycles. The Morgan fingerprint density at radius 3 is 1.71 bits per heavy atom. The minimum Gasteiger partial charge on any atom is -0.330 e. The van der Waals surface area contributed by atoms with Crippen LogP contribution in [0.2, 0.25) is 0 Å². The topological polar surface area (TPSA) is 87.8 Å². The molecule has 7 heavy (non-hydrogen) atoms. The van der Waals surface area contributed by atoms with Crippen LogP contribution in [0.25, 0.3) is 0 Å². The van der Waals surface area contributed by atoms with Crippen LogP contribution in [0.4, 0.5) is 0 Å². The number of hydrogen-bond donors (Lipinski definition) is 3. The third-order valence-corrected chi connectivity index (χ3v) is 0.289. The molecule has 0 fully saturated rings. The first-order chi connectivity index (χ1) is 3.33. The van der Waals surface area contributed by atoms with Crippen LogP contribution in [0, 0.1) is 11.1 Å². The van der Waals surface area contributed by atoms with E-state index in [1.807, 2.05) is 4.91 Å². The molecule has 0 aliphatic rings. The highest BCUT2D eigenvalue weighted by Gasteiger charge is 1.55. The summed E-state index contributed by atoms with van der Waals surface area (Å²) in [5.74, 6) is 0. The Morgan fingerprint density at radius 1 is 1.57 bits per heavy atom. The van der Waals surface area contributed by atoms with Crippen molar-refractivity contribution in [2.75, 3.05) is 6.54 Å². The molecule has 0 aliphatic heterocycles. The Kier molecular flexibility index (Phi) is 25.4. The van der Waals surface area contributed by atoms with Gasteiger partial charge in [-0.3, -0.25) is 0 Å². The summed E-state index contributed by atoms with van der Waals surface area (Å²) >= 11 is 0. The van der Waals surface area contributed by atoms with E-state index in [2.05, 4.69) is 6.92 Å². The summed E-state index contributed by atoms with van der Waals surface area (Å²) in [6.07, 6.45) is 1.10. The molecule has 0 atom stereocenters. The van der Waals surface area contributed by atoms with Crippen LogP contribution < -0.4 is 10.6 Å². The molecular formula is C3H11N4+. The molecule has 0 heterocycles. The highest BCUT2D eigenvalue weighted by molar-refractivity contribution is 4.19. The molecule has 0 aromatic heterocycles. The first kappa shape index (κ1) is 9.55. The summed E-state index contributed by atoms with van der Waals surface area (Å²) in [6.45, 7) is 2.88. The van der Waals surface area contributed by atoms with Crippen LogP contribution in [-0.2, 0) is 0 Å². The first-order valence-electron chi connectivity index (χ1n) is 2.06. The van der Waals surface area contributed by atoms with E-state index in [9.17, 15) is 0 Å². The molecule has 0 bridgehead atoms. The fraction of sp³-hybridized carbons (Fsp3) is 1.00. The summed E-state index contributed by atoms with van der Waals surface area (Å²) in [7, 11) is 0. The van der Waals surface area contributed by atoms with Gasteiger partial charge < -0.3 is 5.73 Å². The zero-order valence-corrected chi connectivity index (χ0v) is 4.44. The van der Waals surface area contributed by atoms with Crippen LogP contribution in [0.5, 0.6) is 0 Å². The van der Waals surface area contributed by atoms with Gasteiger partial charge in [-0.1, -0.05) is 6.92 Å². The normalized spacial score (nSPS) is 5.43. The Labute approximate surface area is 42.7 Å². The van der Waals surface area contributed by atoms with E-state index in [0.29, 0.717) is 0 Å². The molecule has 0 saturated carbocycles. The summed E-state index contributed by atoms with van der Waals surface area (Å²) in [4.78, 5) is 2.00. The van der Waals surface area contributed by atoms with Gasteiger partial charge in [-0.2, -0.15) is 0 Å². The number of nitrogens with one attached hydrogen (secondary N) is 2. The molecule has 0 unspecified atom stereocenters. The van der Waals surface area contributed by atoms with E-state index in [1.165, 1.54) is 0 Å². The van der Waals surface area contributed by atoms with E-state index < -0.39 is 0 Å². The number of nitrogens with zero attached hydrogens (tertiary/aromatic N) is 1. The maximum absolute atomic E-state index is 5.50. The predicted molar refractivity (Wildman–Crippen MR) is 26.9 cm³/mol. The summed E-state index contributed by atoms with van der Waals surface area (Å²) in [6, 6.07) is 0. The third kappa shape index (κ3) is 773. The number of hydrogen-bond acceptors (Lipinski definition) is 3. The van der Waals surface area contributed by atoms with Crippen molar-refractivity contribution in [3.05, 3.63) is 0 Å². The molecule has 4 heteroatoms. The molecule has 4 nitrogen and oxygen atoms in total. The Morgan fingerprint density at radius 2 is 1.71 bits per heavy atom. The second kappa shape index (κ2) is 18.6. The molecule has 4 N–H and O–H groups in total. The second-order valence-electron chi connectivity index (χ2n) is 0.900. The molecule has 0 amide bonds. The van der Waals surface area contributed by atoms with Gasteiger partial charge in [0.15, 0.2) is 0 Å². The van der Waals surface area contributed by atoms with Crippen LogP contribution in [0.15, 0.2) is 0 Å². The SMILES string of the molecule is CCCN.N=[N+]=N. The minimum absolute atomic E-state index is 0.819. The van der Waals surface area contributed by atoms with E-state index >= 15 is 0 Å². The van der Waals surface area contributed by atoms with Gasteiger partial charge in [0.05, 0.1) is 0 Å². The van der Waals surface area contributed by atoms with Gasteiger partial charge in [0.2, 0.25) is 4.91 Å². The first-order valence-corrected chi connectivity index (χ1v) is 2.06. The van der Waals surface area contributed by atoms with Crippen molar-refractivity contribution in [3.8, 4) is 0 Å². The highest BCUT2D eigenvalue weighted by atomic mass is 15.0. The molecule has 0 rings (SSSR count). The lowest BCUT2D eigenvalue weighted by Gasteiger charge is -1.70. The average molecular weight is 103 g/mol. The van der Waals surface area contributed by atoms with Gasteiger partial charge in [-0.25, -0.2) is 0 Å². The molecule has 0 saturated heterocycles. The Bertz CT molecular complexity index is 42.9. The highest BCUT2D eigenvalue weighted by Crippen LogP contribution is 1.57. The fourth-order valence-corrected chi connectivity index (χ4v) is 0. The lowest BCUT2D eigenvalue weighted by atomic mass is 10.5. The summed E-state index contributed by atoms with van der Waals surface area (Å²) < 4.78 is 0. The second-order valence-corrected chi connectivity index (χ2v) is 0.900. The fourth-order valence-electron chi connectivity index (χ4n) is 0. The van der Waals surface area contributed by atoms with Gasteiger partial charge >= 0.3 is 0 Å². The Balaban J connectivity index is 0. The quantitative estimate of drug-likeness (QED) is 0.327. The van der Waals surface area contributed by atoms with Crippen molar-refractivity contribution in [3.63, 3.8) is 0 Å². The standard InChI is InChI=1S/C3H9N.H2N3/c1-2-3-4;1-3-2/h2-4H2,1H3;1-2H/q;+1. The molecular weight excluding hydrogens is 92.1 g/mol. The monoisotopic (exact) mass is 103 g/mol. The lowest BCUT2D eigenvalue weighted by Crippen LogP contribution is -1.93. The van der Waals surface area contributed by atoms with Gasteiger partial charge in [0.25, 0.3) is 0 Å². The average Bonchev–Trinajstić information content (AvgIpc) is 1.69. The predicted octanol–water partition coefficient (Wildman–Crippen LogP) is 0.471. The van der Waals surface area contributed by atoms with E-state index in [4.69, 9.17) is 16.8 Å². The molecule has 0 aromatic carbocycles. The van der Waals surface area contributed by atoms with E-state index in [0.717, 1.165) is 13.0 Å². The van der Waals surface area contributed by atoms with Crippen molar-refractivity contribution in [2.24, 2.45) is 5.73 Å².